The molecule has 0 radical (unpaired) electrons. The smallest absolute Gasteiger partial charge is 0.322 e. The molecule has 0 aliphatic carbocycles. The van der Waals surface area contributed by atoms with Crippen molar-refractivity contribution in [3.8, 4) is 0 Å². The zero-order chi connectivity index (χ0) is 22.5. The van der Waals surface area contributed by atoms with Crippen LogP contribution in [0, 0.1) is 0 Å². The topological polar surface area (TPSA) is 40.5 Å². The van der Waals surface area contributed by atoms with Crippen LogP contribution in [0.5, 0.6) is 0 Å². The van der Waals surface area contributed by atoms with E-state index in [-0.39, 0.29) is 12.1 Å². The maximum atomic E-state index is 13.4. The number of hydrogen-bond donors (Lipinski definition) is 1. The molecule has 1 aliphatic heterocycles. The largest absolute Gasteiger partial charge is 0.353 e. The molecule has 1 fully saturated rings. The van der Waals surface area contributed by atoms with Gasteiger partial charge in [0.05, 0.1) is 22.3 Å². The van der Waals surface area contributed by atoms with E-state index in [0.717, 1.165) is 38.2 Å². The molecular weight excluding hydrogens is 443 g/mol. The Morgan fingerprint density at radius 1 is 1.03 bits per heavy atom. The molecule has 4 rings (SSSR count). The third-order valence-electron chi connectivity index (χ3n) is 6.08. The van der Waals surface area contributed by atoms with Crippen molar-refractivity contribution in [3.63, 3.8) is 0 Å². The normalized spacial score (nSPS) is 15.0. The second-order valence-electron chi connectivity index (χ2n) is 8.26. The lowest BCUT2D eigenvalue weighted by atomic mass is 10.0. The molecule has 0 bridgehead atoms. The minimum absolute atomic E-state index is 0.148. The van der Waals surface area contributed by atoms with Crippen molar-refractivity contribution in [1.82, 2.24) is 14.4 Å². The fourth-order valence-electron chi connectivity index (χ4n) is 4.22. The minimum Gasteiger partial charge on any atom is -0.353 e. The van der Waals surface area contributed by atoms with Crippen LogP contribution >= 0.6 is 23.2 Å². The number of likely N-dealkylation sites (tertiary alicyclic amines) is 1. The fraction of sp³-hybridized carbons (Fsp3) is 0.320. The van der Waals surface area contributed by atoms with Gasteiger partial charge in [-0.3, -0.25) is 4.90 Å². The predicted octanol–water partition coefficient (Wildman–Crippen LogP) is 6.03. The molecule has 2 heterocycles. The Hall–Kier alpha value is -2.47. The summed E-state index contributed by atoms with van der Waals surface area (Å²) in [6.07, 6.45) is 3.85. The monoisotopic (exact) mass is 470 g/mol. The molecule has 32 heavy (non-hydrogen) atoms. The summed E-state index contributed by atoms with van der Waals surface area (Å²) in [6, 6.07) is 19.8. The predicted molar refractivity (Wildman–Crippen MR) is 131 cm³/mol. The Balaban J connectivity index is 1.46. The number of aromatic nitrogens is 1. The van der Waals surface area contributed by atoms with Crippen LogP contribution in [0.2, 0.25) is 10.0 Å². The van der Waals surface area contributed by atoms with Gasteiger partial charge in [0.25, 0.3) is 0 Å². The van der Waals surface area contributed by atoms with E-state index in [1.807, 2.05) is 30.3 Å². The molecule has 7 heteroatoms. The lowest BCUT2D eigenvalue weighted by Crippen LogP contribution is -2.48. The molecule has 1 saturated heterocycles. The second-order valence-corrected chi connectivity index (χ2v) is 9.05. The summed E-state index contributed by atoms with van der Waals surface area (Å²) < 4.78 is 2.05. The molecule has 5 nitrogen and oxygen atoms in total. The summed E-state index contributed by atoms with van der Waals surface area (Å²) >= 11 is 12.5. The third-order valence-corrected chi connectivity index (χ3v) is 6.90. The number of nitrogens with zero attached hydrogens (tertiary/aromatic N) is 3. The first-order chi connectivity index (χ1) is 15.5. The SMILES string of the molecule is Cn1cccc1CN(C(=O)Nc1cccc(Cl)c1Cl)C1CCN(Cc2ccccc2)CC1. The number of amides is 2. The maximum absolute atomic E-state index is 13.4. The van der Waals surface area contributed by atoms with E-state index >= 15 is 0 Å². The summed E-state index contributed by atoms with van der Waals surface area (Å²) in [6.45, 7) is 3.38. The summed E-state index contributed by atoms with van der Waals surface area (Å²) in [4.78, 5) is 17.8. The van der Waals surface area contributed by atoms with Crippen LogP contribution in [0.15, 0.2) is 66.9 Å². The zero-order valence-electron chi connectivity index (χ0n) is 18.2. The van der Waals surface area contributed by atoms with E-state index in [2.05, 4.69) is 45.1 Å². The standard InChI is InChI=1S/C25H28Cl2N4O/c1-29-14-6-9-21(29)18-31(25(32)28-23-11-5-10-22(26)24(23)27)20-12-15-30(16-13-20)17-19-7-3-2-4-8-19/h2-11,14,20H,12-13,15-18H2,1H3,(H,28,32). The molecule has 1 aliphatic rings. The van der Waals surface area contributed by atoms with Crippen LogP contribution in [0.1, 0.15) is 24.1 Å². The highest BCUT2D eigenvalue weighted by molar-refractivity contribution is 6.43. The van der Waals surface area contributed by atoms with Crippen LogP contribution in [-0.4, -0.2) is 39.5 Å². The number of aryl methyl sites for hydroxylation is 1. The van der Waals surface area contributed by atoms with Crippen LogP contribution in [-0.2, 0) is 20.1 Å². The van der Waals surface area contributed by atoms with E-state index in [0.29, 0.717) is 22.3 Å². The van der Waals surface area contributed by atoms with Crippen molar-refractivity contribution in [2.75, 3.05) is 18.4 Å². The van der Waals surface area contributed by atoms with Crippen LogP contribution in [0.3, 0.4) is 0 Å². The molecular formula is C25H28Cl2N4O. The van der Waals surface area contributed by atoms with Crippen LogP contribution in [0.4, 0.5) is 10.5 Å². The van der Waals surface area contributed by atoms with Gasteiger partial charge in [-0.05, 0) is 42.7 Å². The van der Waals surface area contributed by atoms with Gasteiger partial charge in [-0.15, -0.1) is 0 Å². The second kappa shape index (κ2) is 10.4. The van der Waals surface area contributed by atoms with Crippen LogP contribution < -0.4 is 5.32 Å². The molecule has 0 unspecified atom stereocenters. The Morgan fingerprint density at radius 2 is 1.78 bits per heavy atom. The molecule has 1 N–H and O–H groups in total. The number of anilines is 1. The molecule has 1 aromatic heterocycles. The first-order valence-corrected chi connectivity index (χ1v) is 11.6. The Morgan fingerprint density at radius 3 is 2.47 bits per heavy atom. The van der Waals surface area contributed by atoms with E-state index in [1.54, 1.807) is 18.2 Å². The zero-order valence-corrected chi connectivity index (χ0v) is 19.7. The fourth-order valence-corrected chi connectivity index (χ4v) is 4.57. The van der Waals surface area contributed by atoms with Gasteiger partial charge in [-0.1, -0.05) is 59.6 Å². The van der Waals surface area contributed by atoms with E-state index in [1.165, 1.54) is 5.56 Å². The number of carbonyl (C=O) groups excluding carboxylic acids is 1. The summed E-state index contributed by atoms with van der Waals surface area (Å²) in [5.74, 6) is 0. The summed E-state index contributed by atoms with van der Waals surface area (Å²) in [7, 11) is 2.00. The highest BCUT2D eigenvalue weighted by Crippen LogP contribution is 2.30. The third kappa shape index (κ3) is 5.47. The molecule has 2 amide bonds. The average molecular weight is 471 g/mol. The summed E-state index contributed by atoms with van der Waals surface area (Å²) in [5.41, 5.74) is 2.94. The van der Waals surface area contributed by atoms with E-state index in [4.69, 9.17) is 23.2 Å². The average Bonchev–Trinajstić information content (AvgIpc) is 3.21. The lowest BCUT2D eigenvalue weighted by molar-refractivity contribution is 0.118. The number of benzene rings is 2. The number of halogens is 2. The van der Waals surface area contributed by atoms with Crippen LogP contribution in [0.25, 0.3) is 0 Å². The van der Waals surface area contributed by atoms with Crippen molar-refractivity contribution < 1.29 is 4.79 Å². The maximum Gasteiger partial charge on any atom is 0.322 e. The van der Waals surface area contributed by atoms with Gasteiger partial charge in [-0.25, -0.2) is 4.79 Å². The first kappa shape index (κ1) is 22.7. The van der Waals surface area contributed by atoms with Gasteiger partial charge < -0.3 is 14.8 Å². The number of carbonyl (C=O) groups is 1. The number of urea groups is 1. The first-order valence-electron chi connectivity index (χ1n) is 10.9. The molecule has 0 spiro atoms. The highest BCUT2D eigenvalue weighted by Gasteiger charge is 2.29. The van der Waals surface area contributed by atoms with E-state index < -0.39 is 0 Å². The van der Waals surface area contributed by atoms with Gasteiger partial charge in [0.2, 0.25) is 0 Å². The molecule has 2 aromatic carbocycles. The lowest BCUT2D eigenvalue weighted by Gasteiger charge is -2.38. The summed E-state index contributed by atoms with van der Waals surface area (Å²) in [5, 5.41) is 3.76. The van der Waals surface area contributed by atoms with Crippen molar-refractivity contribution in [1.29, 1.82) is 0 Å². The number of rotatable bonds is 6. The Kier molecular flexibility index (Phi) is 7.40. The Labute approximate surface area is 199 Å². The van der Waals surface area contributed by atoms with Gasteiger partial charge in [-0.2, -0.15) is 0 Å². The van der Waals surface area contributed by atoms with Crippen molar-refractivity contribution in [2.24, 2.45) is 7.05 Å². The molecule has 168 valence electrons. The quantitative estimate of drug-likeness (QED) is 0.477. The van der Waals surface area contributed by atoms with Gasteiger partial charge in [0, 0.05) is 44.6 Å². The number of nitrogens with one attached hydrogen (secondary N) is 1. The highest BCUT2D eigenvalue weighted by atomic mass is 35.5. The van der Waals surface area contributed by atoms with Gasteiger partial charge >= 0.3 is 6.03 Å². The Bertz CT molecular complexity index is 1050. The minimum atomic E-state index is -0.156. The van der Waals surface area contributed by atoms with Crippen molar-refractivity contribution in [2.45, 2.75) is 32.0 Å². The number of hydrogen-bond acceptors (Lipinski definition) is 2. The molecule has 3 aromatic rings. The van der Waals surface area contributed by atoms with Gasteiger partial charge in [0.1, 0.15) is 0 Å². The van der Waals surface area contributed by atoms with Gasteiger partial charge in [0.15, 0.2) is 0 Å². The molecule has 0 saturated carbocycles. The molecule has 0 atom stereocenters. The van der Waals surface area contributed by atoms with Crippen molar-refractivity contribution in [3.05, 3.63) is 88.2 Å². The van der Waals surface area contributed by atoms with Crippen molar-refractivity contribution >= 4 is 34.9 Å². The number of piperidine rings is 1. The van der Waals surface area contributed by atoms with E-state index in [9.17, 15) is 4.79 Å².